The van der Waals surface area contributed by atoms with E-state index in [4.69, 9.17) is 5.11 Å². The zero-order chi connectivity index (χ0) is 9.78. The van der Waals surface area contributed by atoms with Crippen molar-refractivity contribution in [3.05, 3.63) is 0 Å². The van der Waals surface area contributed by atoms with E-state index < -0.39 is 24.9 Å². The highest BCUT2D eigenvalue weighted by Gasteiger charge is 2.42. The number of alkyl halides is 3. The van der Waals surface area contributed by atoms with Gasteiger partial charge in [-0.1, -0.05) is 6.92 Å². The molecular formula is C6H9F3O3. The zero-order valence-corrected chi connectivity index (χ0v) is 6.39. The summed E-state index contributed by atoms with van der Waals surface area (Å²) in [4.78, 5) is 10.4. The van der Waals surface area contributed by atoms with Crippen LogP contribution < -0.4 is 0 Å². The van der Waals surface area contributed by atoms with Crippen LogP contribution in [0.25, 0.3) is 0 Å². The van der Waals surface area contributed by atoms with E-state index in [1.165, 1.54) is 6.92 Å². The highest BCUT2D eigenvalue weighted by Crippen LogP contribution is 2.22. The van der Waals surface area contributed by atoms with Gasteiger partial charge in [-0.3, -0.25) is 4.79 Å². The van der Waals surface area contributed by atoms with Crippen molar-refractivity contribution < 1.29 is 27.8 Å². The van der Waals surface area contributed by atoms with Gasteiger partial charge >= 0.3 is 12.1 Å². The van der Waals surface area contributed by atoms with Gasteiger partial charge in [0.2, 0.25) is 6.10 Å². The maximum atomic E-state index is 11.8. The van der Waals surface area contributed by atoms with E-state index in [-0.39, 0.29) is 6.42 Å². The molecule has 0 spiro atoms. The molecule has 0 rings (SSSR count). The Hall–Kier alpha value is -0.780. The molecule has 0 heterocycles. The van der Waals surface area contributed by atoms with E-state index in [1.54, 1.807) is 0 Å². The van der Waals surface area contributed by atoms with Crippen molar-refractivity contribution in [3.63, 3.8) is 0 Å². The third kappa shape index (κ3) is 3.56. The van der Waals surface area contributed by atoms with Crippen LogP contribution in [0.5, 0.6) is 0 Å². The molecule has 0 saturated heterocycles. The Morgan fingerprint density at radius 2 is 2.08 bits per heavy atom. The van der Waals surface area contributed by atoms with Gasteiger partial charge in [0.05, 0.1) is 6.61 Å². The highest BCUT2D eigenvalue weighted by atomic mass is 19.4. The van der Waals surface area contributed by atoms with Crippen molar-refractivity contribution in [2.45, 2.75) is 25.6 Å². The number of aliphatic hydroxyl groups is 1. The minimum Gasteiger partial charge on any atom is -0.450 e. The van der Waals surface area contributed by atoms with Gasteiger partial charge in [-0.2, -0.15) is 13.2 Å². The number of esters is 1. The van der Waals surface area contributed by atoms with Gasteiger partial charge in [0.1, 0.15) is 0 Å². The topological polar surface area (TPSA) is 46.5 Å². The van der Waals surface area contributed by atoms with Crippen LogP contribution in [0.15, 0.2) is 0 Å². The molecule has 1 unspecified atom stereocenters. The Kier molecular flexibility index (Phi) is 4.02. The molecule has 0 aliphatic heterocycles. The van der Waals surface area contributed by atoms with Gasteiger partial charge < -0.3 is 9.84 Å². The number of hydrogen-bond acceptors (Lipinski definition) is 3. The molecule has 0 saturated carbocycles. The maximum absolute atomic E-state index is 11.8. The van der Waals surface area contributed by atoms with Gasteiger partial charge in [0.15, 0.2) is 0 Å². The number of ether oxygens (including phenoxy) is 1. The smallest absolute Gasteiger partial charge is 0.427 e. The van der Waals surface area contributed by atoms with E-state index in [9.17, 15) is 18.0 Å². The number of carbonyl (C=O) groups excluding carboxylic acids is 1. The van der Waals surface area contributed by atoms with E-state index >= 15 is 0 Å². The molecule has 1 N–H and O–H groups in total. The summed E-state index contributed by atoms with van der Waals surface area (Å²) in [6.07, 6.45) is -7.24. The molecule has 0 radical (unpaired) electrons. The molecule has 0 aromatic rings. The van der Waals surface area contributed by atoms with Crippen molar-refractivity contribution in [3.8, 4) is 0 Å². The Morgan fingerprint density at radius 3 is 2.33 bits per heavy atom. The Balaban J connectivity index is 4.09. The number of rotatable bonds is 3. The second kappa shape index (κ2) is 4.30. The first-order valence-corrected chi connectivity index (χ1v) is 3.28. The SMILES string of the molecule is CCC(=O)OC(CO)C(F)(F)F. The highest BCUT2D eigenvalue weighted by molar-refractivity contribution is 5.69. The average molecular weight is 186 g/mol. The quantitative estimate of drug-likeness (QED) is 0.665. The molecule has 72 valence electrons. The number of halogens is 3. The molecular weight excluding hydrogens is 177 g/mol. The van der Waals surface area contributed by atoms with Crippen LogP contribution in [-0.4, -0.2) is 30.0 Å². The van der Waals surface area contributed by atoms with Crippen LogP contribution in [0.2, 0.25) is 0 Å². The van der Waals surface area contributed by atoms with Crippen LogP contribution in [0.1, 0.15) is 13.3 Å². The third-order valence-electron chi connectivity index (χ3n) is 1.09. The Bertz CT molecular complexity index is 155. The van der Waals surface area contributed by atoms with Gasteiger partial charge in [-0.15, -0.1) is 0 Å². The second-order valence-electron chi connectivity index (χ2n) is 2.06. The van der Waals surface area contributed by atoms with Crippen LogP contribution in [0.3, 0.4) is 0 Å². The lowest BCUT2D eigenvalue weighted by atomic mass is 10.3. The van der Waals surface area contributed by atoms with Gasteiger partial charge in [0.25, 0.3) is 0 Å². The van der Waals surface area contributed by atoms with Crippen molar-refractivity contribution >= 4 is 5.97 Å². The zero-order valence-electron chi connectivity index (χ0n) is 6.39. The average Bonchev–Trinajstić information content (AvgIpc) is 1.97. The fourth-order valence-corrected chi connectivity index (χ4v) is 0.450. The first kappa shape index (κ1) is 11.2. The van der Waals surface area contributed by atoms with Crippen molar-refractivity contribution in [1.82, 2.24) is 0 Å². The van der Waals surface area contributed by atoms with E-state index in [1.807, 2.05) is 0 Å². The molecule has 12 heavy (non-hydrogen) atoms. The van der Waals surface area contributed by atoms with Crippen molar-refractivity contribution in [2.24, 2.45) is 0 Å². The Labute approximate surface area is 67.1 Å². The number of hydrogen-bond donors (Lipinski definition) is 1. The second-order valence-corrected chi connectivity index (χ2v) is 2.06. The molecule has 0 aromatic carbocycles. The monoisotopic (exact) mass is 186 g/mol. The minimum atomic E-state index is -4.69. The molecule has 0 aromatic heterocycles. The lowest BCUT2D eigenvalue weighted by Gasteiger charge is -2.17. The molecule has 6 heteroatoms. The maximum Gasteiger partial charge on any atom is 0.427 e. The van der Waals surface area contributed by atoms with Gasteiger partial charge in [-0.25, -0.2) is 0 Å². The summed E-state index contributed by atoms with van der Waals surface area (Å²) in [7, 11) is 0. The van der Waals surface area contributed by atoms with E-state index in [0.29, 0.717) is 0 Å². The summed E-state index contributed by atoms with van der Waals surface area (Å²) >= 11 is 0. The fraction of sp³-hybridized carbons (Fsp3) is 0.833. The molecule has 1 atom stereocenters. The normalized spacial score (nSPS) is 14.1. The first-order chi connectivity index (χ1) is 5.41. The standard InChI is InChI=1S/C6H9F3O3/c1-2-5(11)12-4(3-10)6(7,8)9/h4,10H,2-3H2,1H3. The first-order valence-electron chi connectivity index (χ1n) is 3.28. The predicted molar refractivity (Wildman–Crippen MR) is 33.3 cm³/mol. The lowest BCUT2D eigenvalue weighted by molar-refractivity contribution is -0.228. The van der Waals surface area contributed by atoms with Crippen LogP contribution in [0, 0.1) is 0 Å². The molecule has 0 bridgehead atoms. The van der Waals surface area contributed by atoms with Crippen LogP contribution in [0.4, 0.5) is 13.2 Å². The van der Waals surface area contributed by atoms with E-state index in [0.717, 1.165) is 0 Å². The summed E-state index contributed by atoms with van der Waals surface area (Å²) in [6, 6.07) is 0. The molecule has 0 amide bonds. The minimum absolute atomic E-state index is 0.146. The third-order valence-corrected chi connectivity index (χ3v) is 1.09. The van der Waals surface area contributed by atoms with E-state index in [2.05, 4.69) is 4.74 Å². The predicted octanol–water partition coefficient (Wildman–Crippen LogP) is 0.863. The lowest BCUT2D eigenvalue weighted by Crippen LogP contribution is -2.36. The molecule has 3 nitrogen and oxygen atoms in total. The summed E-state index contributed by atoms with van der Waals surface area (Å²) < 4.78 is 39.2. The Morgan fingerprint density at radius 1 is 1.58 bits per heavy atom. The van der Waals surface area contributed by atoms with Gasteiger partial charge in [-0.05, 0) is 0 Å². The summed E-state index contributed by atoms with van der Waals surface area (Å²) in [5, 5.41) is 8.21. The summed E-state index contributed by atoms with van der Waals surface area (Å²) in [5.74, 6) is -0.980. The summed E-state index contributed by atoms with van der Waals surface area (Å²) in [6.45, 7) is 0.127. The summed E-state index contributed by atoms with van der Waals surface area (Å²) in [5.41, 5.74) is 0. The molecule has 0 fully saturated rings. The molecule has 0 aliphatic rings. The largest absolute Gasteiger partial charge is 0.450 e. The molecule has 0 aliphatic carbocycles. The van der Waals surface area contributed by atoms with Crippen LogP contribution in [-0.2, 0) is 9.53 Å². The van der Waals surface area contributed by atoms with Crippen LogP contribution >= 0.6 is 0 Å². The van der Waals surface area contributed by atoms with Crippen molar-refractivity contribution in [2.75, 3.05) is 6.61 Å². The number of aliphatic hydroxyl groups excluding tert-OH is 1. The van der Waals surface area contributed by atoms with Crippen molar-refractivity contribution in [1.29, 1.82) is 0 Å². The fourth-order valence-electron chi connectivity index (χ4n) is 0.450. The van der Waals surface area contributed by atoms with Gasteiger partial charge in [0, 0.05) is 6.42 Å². The number of carbonyl (C=O) groups is 1.